The Morgan fingerprint density at radius 3 is 1.26 bits per heavy atom. The van der Waals surface area contributed by atoms with Gasteiger partial charge in [0.25, 0.3) is 11.4 Å². The van der Waals surface area contributed by atoms with Gasteiger partial charge in [-0.2, -0.15) is 0 Å². The summed E-state index contributed by atoms with van der Waals surface area (Å²) in [7, 11) is 7.07. The minimum Gasteiger partial charge on any atom is -1.00 e. The molecule has 10 aromatic rings. The fourth-order valence-electron chi connectivity index (χ4n) is 9.12. The molecule has 11 rings (SSSR count). The molecule has 3 radical (unpaired) electrons. The number of esters is 2. The van der Waals surface area contributed by atoms with Crippen LogP contribution in [0, 0.1) is 47.9 Å². The van der Waals surface area contributed by atoms with E-state index in [-0.39, 0.29) is 94.8 Å². The van der Waals surface area contributed by atoms with Crippen molar-refractivity contribution in [2.24, 2.45) is 0 Å². The molecule has 1 fully saturated rings. The monoisotopic (exact) mass is 1660 g/mol. The minimum atomic E-state index is -1.40. The van der Waals surface area contributed by atoms with Gasteiger partial charge < -0.3 is 64.5 Å². The van der Waals surface area contributed by atoms with Crippen LogP contribution in [0.3, 0.4) is 0 Å². The van der Waals surface area contributed by atoms with Crippen molar-refractivity contribution in [3.8, 4) is 65.8 Å². The zero-order valence-electron chi connectivity index (χ0n) is 62.1. The Labute approximate surface area is 687 Å². The Kier molecular flexibility index (Phi) is 45.0. The van der Waals surface area contributed by atoms with Crippen molar-refractivity contribution in [3.63, 3.8) is 0 Å². The molecule has 0 spiro atoms. The van der Waals surface area contributed by atoms with Crippen molar-refractivity contribution < 1.29 is 118 Å². The van der Waals surface area contributed by atoms with Gasteiger partial charge in [-0.3, -0.25) is 20.2 Å². The van der Waals surface area contributed by atoms with Gasteiger partial charge in [-0.15, -0.1) is 45.3 Å². The number of aromatic nitrogens is 4. The number of benzene rings is 6. The number of methoxy groups -OCH3 is 4. The normalized spacial score (nSPS) is 10.6. The molecule has 1 saturated carbocycles. The van der Waals surface area contributed by atoms with Crippen molar-refractivity contribution in [1.82, 2.24) is 25.3 Å². The number of hydrogen-bond donors (Lipinski definition) is 4. The van der Waals surface area contributed by atoms with Gasteiger partial charge >= 0.3 is 60.2 Å². The van der Waals surface area contributed by atoms with E-state index < -0.39 is 28.5 Å². The second kappa shape index (κ2) is 50.9. The van der Waals surface area contributed by atoms with Crippen LogP contribution < -0.4 is 68.8 Å². The van der Waals surface area contributed by atoms with E-state index in [1.807, 2.05) is 100 Å². The number of aliphatic hydroxyl groups excluding tert-OH is 1. The van der Waals surface area contributed by atoms with Gasteiger partial charge in [0.2, 0.25) is 0 Å². The smallest absolute Gasteiger partial charge is 1.00 e. The number of aryl methyl sites for hydroxylation is 4. The number of hydrogen-bond acceptors (Lipinski definition) is 29. The van der Waals surface area contributed by atoms with Crippen molar-refractivity contribution >= 4 is 129 Å². The second-order valence-corrected chi connectivity index (χ2v) is 27.9. The number of thiazole rings is 4. The third-order valence-electron chi connectivity index (χ3n) is 14.2. The first-order valence-electron chi connectivity index (χ1n) is 32.1. The number of aliphatic hydroxyl groups is 1. The van der Waals surface area contributed by atoms with Crippen LogP contribution in [0.4, 0.5) is 21.0 Å². The summed E-state index contributed by atoms with van der Waals surface area (Å²) in [5.41, 5.74) is 4.38. The first-order valence-corrected chi connectivity index (χ1v) is 36.5. The summed E-state index contributed by atoms with van der Waals surface area (Å²) >= 11 is 14.2. The van der Waals surface area contributed by atoms with Crippen LogP contribution in [0.2, 0.25) is 0 Å². The Hall–Kier alpha value is -8.74. The molecule has 0 unspecified atom stereocenters. The van der Waals surface area contributed by atoms with Crippen LogP contribution in [0.25, 0.3) is 31.3 Å². The van der Waals surface area contributed by atoms with Crippen molar-refractivity contribution in [3.05, 3.63) is 212 Å². The van der Waals surface area contributed by atoms with E-state index in [0.29, 0.717) is 41.5 Å². The Morgan fingerprint density at radius 2 is 0.899 bits per heavy atom. The molecule has 4 aromatic heterocycles. The zero-order chi connectivity index (χ0) is 77.8. The number of nitrogens with one attached hydrogen (secondary N) is 1. The van der Waals surface area contributed by atoms with Gasteiger partial charge in [0.1, 0.15) is 44.9 Å². The van der Waals surface area contributed by atoms with Gasteiger partial charge in [-0.25, -0.2) is 39.1 Å². The Balaban J connectivity index is 0.000000661. The van der Waals surface area contributed by atoms with E-state index in [4.69, 9.17) is 59.5 Å². The summed E-state index contributed by atoms with van der Waals surface area (Å²) < 4.78 is 45.5. The van der Waals surface area contributed by atoms with Crippen LogP contribution >= 0.6 is 72.9 Å². The van der Waals surface area contributed by atoms with E-state index in [1.165, 1.54) is 108 Å². The van der Waals surface area contributed by atoms with Gasteiger partial charge in [0.15, 0.2) is 11.4 Å². The molecule has 0 atom stereocenters. The average molecular weight is 1670 g/mol. The van der Waals surface area contributed by atoms with Crippen LogP contribution in [-0.4, -0.2) is 139 Å². The summed E-state index contributed by atoms with van der Waals surface area (Å²) in [5.74, 6) is 2.64. The van der Waals surface area contributed by atoms with E-state index >= 15 is 0 Å². The number of carbonyl (C=O) groups is 4. The number of nitrogens with zero attached hydrogens (tertiary/aromatic N) is 6. The first-order chi connectivity index (χ1) is 50.8. The summed E-state index contributed by atoms with van der Waals surface area (Å²) in [6.45, 7) is 11.7. The molecular weight excluding hydrogens is 1580 g/mol. The maximum Gasteiger partial charge on any atom is 1.00 e. The number of halogens is 2. The summed E-state index contributed by atoms with van der Waals surface area (Å²) in [6.07, 6.45) is 4.75. The number of nitro benzene ring substituents is 2. The van der Waals surface area contributed by atoms with Crippen molar-refractivity contribution in [2.75, 3.05) is 48.7 Å². The SMILES string of the molecule is C.CCOC(=O)c1nc(C)sc1-c1ccc(OC)cc1.CCOC(=O)c1nc(C)sc1Br.CNC1CCCC1.COc1ccc(-c2sc(C)nc2CO)cc1.COc1ccc(-c2sc(C)nc2COC(=O)Oc2ccc([N+](=O)[O-])cc2)cc1.COc1ccc(B(O)O)cc1.O=C(Cl)Oc1ccc([N+](=O)[O-])cc1.[B].[H-].[Na+]. The van der Waals surface area contributed by atoms with E-state index in [9.17, 15) is 44.5 Å². The summed E-state index contributed by atoms with van der Waals surface area (Å²) in [5, 5.41) is 54.2. The molecule has 0 saturated heterocycles. The molecule has 4 N–H and O–H groups in total. The first kappa shape index (κ1) is 96.3. The van der Waals surface area contributed by atoms with Crippen LogP contribution in [-0.2, 0) is 27.4 Å². The Bertz CT molecular complexity index is 4420. The maximum absolute atomic E-state index is 11.9. The summed E-state index contributed by atoms with van der Waals surface area (Å²) in [6, 6.07) is 40.4. The van der Waals surface area contributed by atoms with Crippen LogP contribution in [0.5, 0.6) is 34.5 Å². The quantitative estimate of drug-likeness (QED) is 0.0105. The van der Waals surface area contributed by atoms with E-state index in [0.717, 1.165) is 84.1 Å². The minimum absolute atomic E-state index is 0. The molecule has 4 heterocycles. The largest absolute Gasteiger partial charge is 1.00 e. The fourth-order valence-corrected chi connectivity index (χ4v) is 13.6. The van der Waals surface area contributed by atoms with Crippen LogP contribution in [0.15, 0.2) is 149 Å². The molecular formula is C73H83B2BrClN7NaO20S4. The predicted molar refractivity (Wildman–Crippen MR) is 426 cm³/mol. The summed E-state index contributed by atoms with van der Waals surface area (Å²) in [4.78, 5) is 84.7. The van der Waals surface area contributed by atoms with Crippen LogP contribution in [0.1, 0.15) is 101 Å². The standard InChI is InChI=1S/C19H16N2O6S.C14H15NO3S.C12H13NO2S.C7H9BO3.C7H8BrNO2S.C7H4ClNO4.C6H13N.CH4.B.Na.H/c1-12-20-17(18(28-12)13-3-7-15(25-2)8-4-13)11-26-19(22)27-16-9-5-14(6-10-16)21(23)24;1-4-18-14(16)12-13(19-9(2)15-12)10-5-7-11(17-3)8-6-10;1-8-13-11(7-14)12(16-8)9-3-5-10(15-2)6-4-9;1-11-7-4-2-6(3-5-7)8(9)10;1-3-11-7(10)5-6(8)12-4(2)9-5;8-7(10)13-6-3-1-5(2-4-6)9(11)12;1-7-6-4-2-3-5-6;;;;/h3-10H,11H2,1-2H3;5-8H,4H2,1-3H3;3-6,14H,7H2,1-2H3;2-5,9-10H,1H3;3H2,1-2H3;1-4H;6-7H,2-5H2,1H3;1H4;;;/q;;;;;;;;;+1;-1. The van der Waals surface area contributed by atoms with E-state index in [2.05, 4.69) is 53.0 Å². The number of rotatable bonds is 20. The molecule has 0 bridgehead atoms. The number of nitro groups is 2. The molecule has 1 aliphatic carbocycles. The molecule has 1 aliphatic rings. The number of ether oxygens (including phenoxy) is 9. The number of non-ortho nitro benzene ring substituents is 2. The Morgan fingerprint density at radius 1 is 0.550 bits per heavy atom. The molecule has 109 heavy (non-hydrogen) atoms. The molecule has 6 aromatic carbocycles. The molecule has 0 amide bonds. The average Bonchev–Trinajstić information content (AvgIpc) is 1.68. The number of carbonyl (C=O) groups excluding carboxylic acids is 4. The van der Waals surface area contributed by atoms with Gasteiger partial charge in [0, 0.05) is 50.3 Å². The van der Waals surface area contributed by atoms with Crippen molar-refractivity contribution in [1.29, 1.82) is 0 Å². The topological polar surface area (TPSA) is 362 Å². The second-order valence-electron chi connectivity index (χ2n) is 21.5. The maximum atomic E-state index is 11.9. The predicted octanol–water partition coefficient (Wildman–Crippen LogP) is 13.3. The fraction of sp³-hybridized carbons (Fsp3) is 0.288. The van der Waals surface area contributed by atoms with Crippen molar-refractivity contribution in [2.45, 2.75) is 93.9 Å². The molecule has 36 heteroatoms. The zero-order valence-corrected chi connectivity index (χ0v) is 68.7. The van der Waals surface area contributed by atoms with Gasteiger partial charge in [-0.1, -0.05) is 32.4 Å². The van der Waals surface area contributed by atoms with Gasteiger partial charge in [0.05, 0.1) is 104 Å². The third kappa shape index (κ3) is 32.8. The van der Waals surface area contributed by atoms with Gasteiger partial charge in [-0.05, 0) is 209 Å². The van der Waals surface area contributed by atoms with E-state index in [1.54, 1.807) is 77.9 Å². The molecule has 27 nitrogen and oxygen atoms in total. The molecule has 0 aliphatic heterocycles. The molecule has 575 valence electrons. The third-order valence-corrected chi connectivity index (χ3v) is 19.0.